The summed E-state index contributed by atoms with van der Waals surface area (Å²) >= 11 is 4.37. The Labute approximate surface area is 187 Å². The quantitative estimate of drug-likeness (QED) is 0.166. The first kappa shape index (κ1) is 24.4. The largest absolute Gasteiger partial charge is 0.587 e. The molecule has 11 heteroatoms. The molecule has 8 nitrogen and oxygen atoms in total. The Morgan fingerprint density at radius 2 is 1.57 bits per heavy atom. The molecule has 0 aliphatic heterocycles. The van der Waals surface area contributed by atoms with Crippen LogP contribution in [0.5, 0.6) is 11.5 Å². The second kappa shape index (κ2) is 10.4. The number of carbonyl (C=O) groups excluding carboxylic acids is 1. The van der Waals surface area contributed by atoms with Gasteiger partial charge >= 0.3 is 7.82 Å². The van der Waals surface area contributed by atoms with Crippen molar-refractivity contribution in [3.63, 3.8) is 0 Å². The fraction of sp³-hybridized carbons (Fsp3) is 0.316. The molecule has 1 unspecified atom stereocenters. The highest BCUT2D eigenvalue weighted by Crippen LogP contribution is 2.50. The number of benzene rings is 2. The van der Waals surface area contributed by atoms with E-state index in [1.165, 1.54) is 24.3 Å². The average Bonchev–Trinajstić information content (AvgIpc) is 2.66. The van der Waals surface area contributed by atoms with Crippen LogP contribution < -0.4 is 9.05 Å². The first-order chi connectivity index (χ1) is 14.0. The Hall–Kier alpha value is -1.87. The number of rotatable bonds is 9. The molecule has 2 aromatic carbocycles. The predicted molar refractivity (Wildman–Crippen MR) is 119 cm³/mol. The van der Waals surface area contributed by atoms with Crippen LogP contribution in [0.4, 0.5) is 5.69 Å². The second-order valence-electron chi connectivity index (χ2n) is 7.05. The minimum absolute atomic E-state index is 0.0222. The molecule has 0 aliphatic carbocycles. The highest BCUT2D eigenvalue weighted by molar-refractivity contribution is 9.10. The zero-order valence-corrected chi connectivity index (χ0v) is 19.9. The summed E-state index contributed by atoms with van der Waals surface area (Å²) in [5.74, 6) is 0.592. The van der Waals surface area contributed by atoms with Crippen LogP contribution in [0.1, 0.15) is 20.8 Å². The Bertz CT molecular complexity index is 929. The lowest BCUT2D eigenvalue weighted by atomic mass is 10.00. The first-order valence-corrected chi connectivity index (χ1v) is 12.0. The van der Waals surface area contributed by atoms with Crippen LogP contribution in [-0.2, 0) is 13.9 Å². The zero-order valence-electron chi connectivity index (χ0n) is 16.6. The summed E-state index contributed by atoms with van der Waals surface area (Å²) < 4.78 is 30.3. The van der Waals surface area contributed by atoms with Gasteiger partial charge in [-0.25, -0.2) is 4.57 Å². The molecule has 1 atom stereocenters. The summed E-state index contributed by atoms with van der Waals surface area (Å²) in [6, 6.07) is 11.6. The van der Waals surface area contributed by atoms with Crippen molar-refractivity contribution in [1.82, 2.24) is 0 Å². The highest BCUT2D eigenvalue weighted by atomic mass is 79.9. The number of thioether (sulfide) groups is 1. The smallest absolute Gasteiger partial charge is 0.395 e. The third kappa shape index (κ3) is 7.75. The molecule has 0 spiro atoms. The lowest BCUT2D eigenvalue weighted by Gasteiger charge is -2.19. The fourth-order valence-electron chi connectivity index (χ4n) is 1.95. The number of hydrogen-bond donors (Lipinski definition) is 0. The summed E-state index contributed by atoms with van der Waals surface area (Å²) in [5.41, 5.74) is -0.638. The van der Waals surface area contributed by atoms with E-state index in [2.05, 4.69) is 15.9 Å². The van der Waals surface area contributed by atoms with E-state index in [1.54, 1.807) is 24.3 Å². The molecule has 0 heterocycles. The van der Waals surface area contributed by atoms with Crippen LogP contribution in [0.15, 0.2) is 53.0 Å². The number of nitrogens with zero attached hydrogens (tertiary/aromatic N) is 1. The molecular weight excluding hydrogens is 497 g/mol. The minimum Gasteiger partial charge on any atom is -0.395 e. The molecule has 0 aromatic heterocycles. The number of halogens is 1. The number of non-ortho nitro benzene ring substituents is 1. The van der Waals surface area contributed by atoms with Crippen molar-refractivity contribution in [2.45, 2.75) is 20.8 Å². The molecule has 30 heavy (non-hydrogen) atoms. The molecule has 0 N–H and O–H groups in total. The van der Waals surface area contributed by atoms with Crippen molar-refractivity contribution in [2.75, 3.05) is 12.4 Å². The third-order valence-electron chi connectivity index (χ3n) is 3.47. The second-order valence-corrected chi connectivity index (χ2v) is 10.6. The molecule has 162 valence electrons. The molecule has 0 fully saturated rings. The molecule has 0 bridgehead atoms. The van der Waals surface area contributed by atoms with E-state index in [1.807, 2.05) is 20.8 Å². The van der Waals surface area contributed by atoms with Crippen LogP contribution in [0.3, 0.4) is 0 Å². The maximum atomic E-state index is 13.2. The van der Waals surface area contributed by atoms with Gasteiger partial charge in [-0.15, -0.1) is 0 Å². The number of hydrogen-bond acceptors (Lipinski definition) is 8. The minimum atomic E-state index is -4.13. The van der Waals surface area contributed by atoms with Gasteiger partial charge in [-0.1, -0.05) is 48.5 Å². The topological polar surface area (TPSA) is 105 Å². The van der Waals surface area contributed by atoms with Crippen LogP contribution in [0.25, 0.3) is 0 Å². The monoisotopic (exact) mass is 517 g/mol. The van der Waals surface area contributed by atoms with Gasteiger partial charge in [-0.2, -0.15) is 0 Å². The van der Waals surface area contributed by atoms with E-state index in [0.717, 1.165) is 16.2 Å². The van der Waals surface area contributed by atoms with Crippen molar-refractivity contribution >= 4 is 46.3 Å². The Balaban J connectivity index is 2.10. The van der Waals surface area contributed by atoms with Gasteiger partial charge in [0.05, 0.1) is 11.5 Å². The third-order valence-corrected chi connectivity index (χ3v) is 6.62. The van der Waals surface area contributed by atoms with Crippen LogP contribution >= 0.6 is 35.5 Å². The van der Waals surface area contributed by atoms with Crippen molar-refractivity contribution in [1.29, 1.82) is 0 Å². The van der Waals surface area contributed by atoms with Gasteiger partial charge in [0, 0.05) is 27.8 Å². The molecule has 0 saturated carbocycles. The van der Waals surface area contributed by atoms with E-state index < -0.39 is 18.2 Å². The van der Waals surface area contributed by atoms with E-state index in [0.29, 0.717) is 0 Å². The van der Waals surface area contributed by atoms with E-state index in [4.69, 9.17) is 13.6 Å². The van der Waals surface area contributed by atoms with Crippen LogP contribution in [0, 0.1) is 15.5 Å². The van der Waals surface area contributed by atoms with Gasteiger partial charge < -0.3 is 9.05 Å². The van der Waals surface area contributed by atoms with Crippen LogP contribution in [0.2, 0.25) is 0 Å². The van der Waals surface area contributed by atoms with Gasteiger partial charge in [-0.05, 0) is 36.4 Å². The maximum absolute atomic E-state index is 13.2. The molecule has 0 aliphatic rings. The molecule has 0 amide bonds. The molecule has 0 radical (unpaired) electrons. The lowest BCUT2D eigenvalue weighted by Crippen LogP contribution is -2.17. The number of phosphoric acid groups is 1. The Kier molecular flexibility index (Phi) is 8.49. The zero-order chi connectivity index (χ0) is 22.4. The van der Waals surface area contributed by atoms with Crippen molar-refractivity contribution in [2.24, 2.45) is 5.41 Å². The number of nitro groups is 1. The van der Waals surface area contributed by atoms with Gasteiger partial charge in [0.15, 0.2) is 5.12 Å². The van der Waals surface area contributed by atoms with Crippen molar-refractivity contribution in [3.05, 3.63) is 63.1 Å². The van der Waals surface area contributed by atoms with Crippen molar-refractivity contribution < 1.29 is 27.9 Å². The standard InChI is InChI=1S/C19H21BrNO7PS/c1-19(2,3)18(22)30-13-12-26-29(25,27-16-8-4-14(20)5-9-16)28-17-10-6-15(7-11-17)21(23)24/h4-11H,12-13H2,1-3H3. The predicted octanol–water partition coefficient (Wildman–Crippen LogP) is 6.25. The average molecular weight is 518 g/mol. The normalized spacial score (nSPS) is 13.3. The number of phosphoric ester groups is 1. The van der Waals surface area contributed by atoms with Gasteiger partial charge in [0.2, 0.25) is 0 Å². The summed E-state index contributed by atoms with van der Waals surface area (Å²) in [6.07, 6.45) is 0. The van der Waals surface area contributed by atoms with Crippen LogP contribution in [-0.4, -0.2) is 22.4 Å². The first-order valence-electron chi connectivity index (χ1n) is 8.79. The molecule has 2 aromatic rings. The molecule has 2 rings (SSSR count). The summed E-state index contributed by atoms with van der Waals surface area (Å²) in [4.78, 5) is 22.2. The SMILES string of the molecule is CC(C)(C)C(=O)SCCOP(=O)(Oc1ccc(Br)cc1)Oc1ccc([N+](=O)[O-])cc1. The van der Waals surface area contributed by atoms with Crippen molar-refractivity contribution in [3.8, 4) is 11.5 Å². The van der Waals surface area contributed by atoms with Gasteiger partial charge in [0.1, 0.15) is 11.5 Å². The van der Waals surface area contributed by atoms with Gasteiger partial charge in [-0.3, -0.25) is 19.4 Å². The van der Waals surface area contributed by atoms with E-state index in [9.17, 15) is 19.5 Å². The Morgan fingerprint density at radius 1 is 1.07 bits per heavy atom. The highest BCUT2D eigenvalue weighted by Gasteiger charge is 2.31. The van der Waals surface area contributed by atoms with Gasteiger partial charge in [0.25, 0.3) is 5.69 Å². The summed E-state index contributed by atoms with van der Waals surface area (Å²) in [7, 11) is -4.13. The van der Waals surface area contributed by atoms with E-state index in [-0.39, 0.29) is 34.7 Å². The van der Waals surface area contributed by atoms with E-state index >= 15 is 0 Å². The number of carbonyl (C=O) groups is 1. The molecular formula is C19H21BrNO7PS. The summed E-state index contributed by atoms with van der Waals surface area (Å²) in [5, 5.41) is 10.8. The maximum Gasteiger partial charge on any atom is 0.587 e. The number of nitro benzene ring substituents is 1. The molecule has 0 saturated heterocycles. The fourth-order valence-corrected chi connectivity index (χ4v) is 4.34. The Morgan fingerprint density at radius 3 is 2.03 bits per heavy atom. The summed E-state index contributed by atoms with van der Waals surface area (Å²) in [6.45, 7) is 5.36. The lowest BCUT2D eigenvalue weighted by molar-refractivity contribution is -0.384.